The van der Waals surface area contributed by atoms with Gasteiger partial charge in [0.25, 0.3) is 11.8 Å². The smallest absolute Gasteiger partial charge is 0.256 e. The molecule has 0 aromatic heterocycles. The zero-order valence-electron chi connectivity index (χ0n) is 20.1. The van der Waals surface area contributed by atoms with Crippen molar-refractivity contribution >= 4 is 17.7 Å². The van der Waals surface area contributed by atoms with Gasteiger partial charge >= 0.3 is 0 Å². The maximum absolute atomic E-state index is 13.6. The van der Waals surface area contributed by atoms with Crippen LogP contribution in [0.3, 0.4) is 0 Å². The standard InChI is InChI=1S/C27H33N3O4/c1-19(2)17-28-24(31)23-18-34-27(30(23)25(32)21-10-5-4-6-11-21)13-15-29(16-14-27)26(33)22-12-8-7-9-20(22)3/h4-12,19,23H,13-18H2,1-3H3,(H,28,31). The average molecular weight is 464 g/mol. The van der Waals surface area contributed by atoms with Crippen molar-refractivity contribution < 1.29 is 19.1 Å². The fourth-order valence-corrected chi connectivity index (χ4v) is 4.75. The molecule has 0 bridgehead atoms. The Hall–Kier alpha value is -3.19. The average Bonchev–Trinajstić information content (AvgIpc) is 3.21. The van der Waals surface area contributed by atoms with E-state index in [1.807, 2.05) is 68.1 Å². The first kappa shape index (κ1) is 24.0. The zero-order chi connectivity index (χ0) is 24.3. The van der Waals surface area contributed by atoms with Gasteiger partial charge in [0.05, 0.1) is 6.61 Å². The van der Waals surface area contributed by atoms with Gasteiger partial charge in [0.15, 0.2) is 0 Å². The fraction of sp³-hybridized carbons (Fsp3) is 0.444. The highest BCUT2D eigenvalue weighted by Gasteiger charge is 2.54. The van der Waals surface area contributed by atoms with Gasteiger partial charge in [0.1, 0.15) is 11.8 Å². The van der Waals surface area contributed by atoms with Crippen molar-refractivity contribution in [2.45, 2.75) is 45.4 Å². The Balaban J connectivity index is 1.56. The van der Waals surface area contributed by atoms with Gasteiger partial charge in [-0.25, -0.2) is 0 Å². The second kappa shape index (κ2) is 9.97. The number of benzene rings is 2. The summed E-state index contributed by atoms with van der Waals surface area (Å²) in [5.74, 6) is -0.137. The molecule has 1 N–H and O–H groups in total. The number of hydrogen-bond acceptors (Lipinski definition) is 4. The minimum absolute atomic E-state index is 0.0156. The summed E-state index contributed by atoms with van der Waals surface area (Å²) < 4.78 is 6.24. The lowest BCUT2D eigenvalue weighted by atomic mass is 9.95. The second-order valence-corrected chi connectivity index (χ2v) is 9.56. The van der Waals surface area contributed by atoms with Crippen LogP contribution >= 0.6 is 0 Å². The Morgan fingerprint density at radius 3 is 2.29 bits per heavy atom. The van der Waals surface area contributed by atoms with Crippen molar-refractivity contribution in [1.29, 1.82) is 0 Å². The lowest BCUT2D eigenvalue weighted by Gasteiger charge is -2.44. The SMILES string of the molecule is Cc1ccccc1C(=O)N1CCC2(CC1)OCC(C(=O)NCC(C)C)N2C(=O)c1ccccc1. The Morgan fingerprint density at radius 1 is 1.00 bits per heavy atom. The van der Waals surface area contributed by atoms with E-state index in [1.54, 1.807) is 17.0 Å². The molecule has 180 valence electrons. The van der Waals surface area contributed by atoms with Crippen molar-refractivity contribution in [2.24, 2.45) is 5.92 Å². The van der Waals surface area contributed by atoms with Gasteiger partial charge in [-0.15, -0.1) is 0 Å². The topological polar surface area (TPSA) is 79.0 Å². The van der Waals surface area contributed by atoms with Crippen molar-refractivity contribution in [3.8, 4) is 0 Å². The summed E-state index contributed by atoms with van der Waals surface area (Å²) in [5, 5.41) is 2.96. The number of carbonyl (C=O) groups excluding carboxylic acids is 3. The van der Waals surface area contributed by atoms with Crippen LogP contribution in [0.2, 0.25) is 0 Å². The van der Waals surface area contributed by atoms with Gasteiger partial charge < -0.3 is 15.0 Å². The van der Waals surface area contributed by atoms with Gasteiger partial charge in [-0.2, -0.15) is 0 Å². The van der Waals surface area contributed by atoms with E-state index in [0.29, 0.717) is 49.5 Å². The number of rotatable bonds is 5. The van der Waals surface area contributed by atoms with Crippen LogP contribution in [0.25, 0.3) is 0 Å². The van der Waals surface area contributed by atoms with Crippen LogP contribution < -0.4 is 5.32 Å². The Morgan fingerprint density at radius 2 is 1.65 bits per heavy atom. The van der Waals surface area contributed by atoms with Crippen LogP contribution in [0.5, 0.6) is 0 Å². The lowest BCUT2D eigenvalue weighted by molar-refractivity contribution is -0.128. The van der Waals surface area contributed by atoms with Gasteiger partial charge in [0.2, 0.25) is 5.91 Å². The molecule has 0 radical (unpaired) electrons. The van der Waals surface area contributed by atoms with Crippen LogP contribution in [0.4, 0.5) is 0 Å². The molecule has 2 saturated heterocycles. The third-order valence-corrected chi connectivity index (χ3v) is 6.69. The van der Waals surface area contributed by atoms with Gasteiger partial charge in [-0.05, 0) is 36.6 Å². The number of hydrogen-bond donors (Lipinski definition) is 1. The number of likely N-dealkylation sites (tertiary alicyclic amines) is 1. The molecule has 34 heavy (non-hydrogen) atoms. The molecule has 0 saturated carbocycles. The summed E-state index contributed by atoms with van der Waals surface area (Å²) in [7, 11) is 0. The van der Waals surface area contributed by atoms with E-state index in [0.717, 1.165) is 5.56 Å². The van der Waals surface area contributed by atoms with E-state index in [4.69, 9.17) is 4.74 Å². The molecular weight excluding hydrogens is 430 g/mol. The minimum atomic E-state index is -0.907. The van der Waals surface area contributed by atoms with E-state index in [9.17, 15) is 14.4 Å². The van der Waals surface area contributed by atoms with Crippen LogP contribution in [0.15, 0.2) is 54.6 Å². The Bertz CT molecular complexity index is 1040. The molecule has 7 heteroatoms. The number of amides is 3. The highest BCUT2D eigenvalue weighted by atomic mass is 16.5. The summed E-state index contributed by atoms with van der Waals surface area (Å²) in [6, 6.07) is 15.9. The normalized spacial score (nSPS) is 19.5. The third kappa shape index (κ3) is 4.71. The van der Waals surface area contributed by atoms with Crippen LogP contribution in [0, 0.1) is 12.8 Å². The number of nitrogens with zero attached hydrogens (tertiary/aromatic N) is 2. The van der Waals surface area contributed by atoms with E-state index in [1.165, 1.54) is 0 Å². The second-order valence-electron chi connectivity index (χ2n) is 9.56. The quantitative estimate of drug-likeness (QED) is 0.738. The van der Waals surface area contributed by atoms with Crippen LogP contribution in [-0.2, 0) is 9.53 Å². The maximum atomic E-state index is 13.6. The summed E-state index contributed by atoms with van der Waals surface area (Å²) >= 11 is 0. The van der Waals surface area contributed by atoms with Gasteiger partial charge in [-0.3, -0.25) is 19.3 Å². The number of piperidine rings is 1. The first-order valence-corrected chi connectivity index (χ1v) is 12.0. The number of aryl methyl sites for hydroxylation is 1. The monoisotopic (exact) mass is 463 g/mol. The van der Waals surface area contributed by atoms with E-state index in [2.05, 4.69) is 5.32 Å². The molecule has 2 aromatic carbocycles. The molecule has 2 aromatic rings. The maximum Gasteiger partial charge on any atom is 0.256 e. The fourth-order valence-electron chi connectivity index (χ4n) is 4.75. The van der Waals surface area contributed by atoms with E-state index >= 15 is 0 Å². The molecule has 2 aliphatic rings. The number of ether oxygens (including phenoxy) is 1. The van der Waals surface area contributed by atoms with Gasteiger partial charge in [0, 0.05) is 43.6 Å². The van der Waals surface area contributed by atoms with E-state index in [-0.39, 0.29) is 24.3 Å². The lowest BCUT2D eigenvalue weighted by Crippen LogP contribution is -2.60. The molecule has 2 fully saturated rings. The summed E-state index contributed by atoms with van der Waals surface area (Å²) in [6.45, 7) is 7.57. The molecule has 2 heterocycles. The molecule has 1 spiro atoms. The summed E-state index contributed by atoms with van der Waals surface area (Å²) in [5.41, 5.74) is 1.24. The molecule has 0 aliphatic carbocycles. The highest BCUT2D eigenvalue weighted by molar-refractivity contribution is 5.98. The predicted octanol–water partition coefficient (Wildman–Crippen LogP) is 3.24. The van der Waals surface area contributed by atoms with Crippen molar-refractivity contribution in [3.05, 3.63) is 71.3 Å². The summed E-state index contributed by atoms with van der Waals surface area (Å²) in [6.07, 6.45) is 0.911. The minimum Gasteiger partial charge on any atom is -0.354 e. The highest BCUT2D eigenvalue weighted by Crippen LogP contribution is 2.39. The Kier molecular flexibility index (Phi) is 7.03. The van der Waals surface area contributed by atoms with Crippen LogP contribution in [-0.4, -0.2) is 65.5 Å². The van der Waals surface area contributed by atoms with Crippen LogP contribution in [0.1, 0.15) is 53.0 Å². The third-order valence-electron chi connectivity index (χ3n) is 6.69. The van der Waals surface area contributed by atoms with E-state index < -0.39 is 11.8 Å². The van der Waals surface area contributed by atoms with Crippen molar-refractivity contribution in [3.63, 3.8) is 0 Å². The van der Waals surface area contributed by atoms with Gasteiger partial charge in [-0.1, -0.05) is 50.2 Å². The first-order chi connectivity index (χ1) is 16.3. The largest absolute Gasteiger partial charge is 0.354 e. The summed E-state index contributed by atoms with van der Waals surface area (Å²) in [4.78, 5) is 43.3. The van der Waals surface area contributed by atoms with Crippen molar-refractivity contribution in [2.75, 3.05) is 26.2 Å². The number of carbonyl (C=O) groups is 3. The Labute approximate surface area is 201 Å². The molecule has 3 amide bonds. The molecule has 7 nitrogen and oxygen atoms in total. The molecule has 1 atom stereocenters. The zero-order valence-corrected chi connectivity index (χ0v) is 20.1. The number of nitrogens with one attached hydrogen (secondary N) is 1. The van der Waals surface area contributed by atoms with Crippen molar-refractivity contribution in [1.82, 2.24) is 15.1 Å². The molecule has 1 unspecified atom stereocenters. The predicted molar refractivity (Wildman–Crippen MR) is 129 cm³/mol. The first-order valence-electron chi connectivity index (χ1n) is 12.0. The molecular formula is C27H33N3O4. The molecule has 2 aliphatic heterocycles. The molecule has 4 rings (SSSR count).